The molecule has 70 valence electrons. The van der Waals surface area contributed by atoms with E-state index in [2.05, 4.69) is 36.4 Å². The summed E-state index contributed by atoms with van der Waals surface area (Å²) in [6, 6.07) is 0. The van der Waals surface area contributed by atoms with Gasteiger partial charge in [-0.3, -0.25) is 0 Å². The zero-order chi connectivity index (χ0) is 8.95. The average Bonchev–Trinajstić information content (AvgIpc) is 2.04. The van der Waals surface area contributed by atoms with Crippen molar-refractivity contribution in [2.24, 2.45) is 0 Å². The van der Waals surface area contributed by atoms with Crippen LogP contribution in [0.5, 0.6) is 0 Å². The molecule has 0 fully saturated rings. The van der Waals surface area contributed by atoms with Gasteiger partial charge in [-0.15, -0.1) is 11.6 Å². The topological polar surface area (TPSA) is 0 Å². The van der Waals surface area contributed by atoms with Crippen LogP contribution in [0.3, 0.4) is 0 Å². The molecular formula is C9H20ClI. The summed E-state index contributed by atoms with van der Waals surface area (Å²) in [4.78, 5) is 0. The molecule has 11 heavy (non-hydrogen) atoms. The Balaban J connectivity index is 0. The number of hydrogen-bond donors (Lipinski definition) is 0. The summed E-state index contributed by atoms with van der Waals surface area (Å²) in [5.74, 6) is 0.808. The molecule has 0 aromatic carbocycles. The van der Waals surface area contributed by atoms with Crippen LogP contribution in [-0.4, -0.2) is 10.3 Å². The van der Waals surface area contributed by atoms with E-state index >= 15 is 0 Å². The molecular weight excluding hydrogens is 270 g/mol. The van der Waals surface area contributed by atoms with Crippen molar-refractivity contribution in [2.75, 3.05) is 10.3 Å². The first-order valence-electron chi connectivity index (χ1n) is 4.45. The molecule has 0 aromatic rings. The summed E-state index contributed by atoms with van der Waals surface area (Å²) in [6.45, 7) is 4.46. The second-order valence-electron chi connectivity index (χ2n) is 2.44. The lowest BCUT2D eigenvalue weighted by molar-refractivity contribution is 0.702. The van der Waals surface area contributed by atoms with Gasteiger partial charge in [0.05, 0.1) is 0 Å². The molecule has 0 aliphatic rings. The smallest absolute Gasteiger partial charge is 0.0230 e. The number of hydrogen-bond acceptors (Lipinski definition) is 0. The maximum atomic E-state index is 5.30. The fraction of sp³-hybridized carbons (Fsp3) is 1.00. The minimum atomic E-state index is 0.808. The standard InChI is InChI=1S/C6H14.C3H6ClI/c1-3-5-6-4-2;4-2-1-3-5/h3-6H2,1-2H3;1-3H2. The van der Waals surface area contributed by atoms with Crippen molar-refractivity contribution in [3.63, 3.8) is 0 Å². The lowest BCUT2D eigenvalue weighted by Gasteiger charge is -1.86. The Morgan fingerprint density at radius 2 is 1.45 bits per heavy atom. The zero-order valence-corrected chi connectivity index (χ0v) is 10.6. The predicted molar refractivity (Wildman–Crippen MR) is 64.0 cm³/mol. The maximum absolute atomic E-state index is 5.30. The monoisotopic (exact) mass is 290 g/mol. The normalized spacial score (nSPS) is 8.73. The number of alkyl halides is 2. The van der Waals surface area contributed by atoms with Gasteiger partial charge in [0, 0.05) is 10.3 Å². The molecule has 0 saturated heterocycles. The van der Waals surface area contributed by atoms with E-state index in [0.717, 1.165) is 12.3 Å². The number of rotatable bonds is 5. The molecule has 2 heteroatoms. The first kappa shape index (κ1) is 14.5. The van der Waals surface area contributed by atoms with Crippen LogP contribution in [0.15, 0.2) is 0 Å². The fourth-order valence-corrected chi connectivity index (χ4v) is 1.52. The molecule has 0 aliphatic carbocycles. The highest BCUT2D eigenvalue weighted by Crippen LogP contribution is 1.95. The minimum Gasteiger partial charge on any atom is -0.127 e. The van der Waals surface area contributed by atoms with Crippen LogP contribution in [0, 0.1) is 0 Å². The van der Waals surface area contributed by atoms with E-state index in [1.54, 1.807) is 0 Å². The highest BCUT2D eigenvalue weighted by atomic mass is 127. The third-order valence-corrected chi connectivity index (χ3v) is 2.25. The van der Waals surface area contributed by atoms with E-state index in [4.69, 9.17) is 11.6 Å². The van der Waals surface area contributed by atoms with Crippen molar-refractivity contribution in [3.05, 3.63) is 0 Å². The van der Waals surface area contributed by atoms with Crippen LogP contribution in [0.1, 0.15) is 46.0 Å². The Bertz CT molecular complexity index is 42.8. The Morgan fingerprint density at radius 1 is 1.00 bits per heavy atom. The van der Waals surface area contributed by atoms with Crippen LogP contribution < -0.4 is 0 Å². The molecule has 0 radical (unpaired) electrons. The lowest BCUT2D eigenvalue weighted by atomic mass is 10.2. The minimum absolute atomic E-state index is 0.808. The molecule has 0 spiro atoms. The van der Waals surface area contributed by atoms with Crippen molar-refractivity contribution in [1.82, 2.24) is 0 Å². The van der Waals surface area contributed by atoms with Crippen LogP contribution in [0.4, 0.5) is 0 Å². The van der Waals surface area contributed by atoms with Gasteiger partial charge in [0.1, 0.15) is 0 Å². The van der Waals surface area contributed by atoms with Gasteiger partial charge in [-0.1, -0.05) is 62.1 Å². The Kier molecular flexibility index (Phi) is 22.7. The van der Waals surface area contributed by atoms with Gasteiger partial charge in [0.25, 0.3) is 0 Å². The quantitative estimate of drug-likeness (QED) is 0.393. The van der Waals surface area contributed by atoms with Crippen molar-refractivity contribution in [3.8, 4) is 0 Å². The van der Waals surface area contributed by atoms with E-state index in [1.807, 2.05) is 0 Å². The van der Waals surface area contributed by atoms with E-state index in [1.165, 1.54) is 30.1 Å². The second-order valence-corrected chi connectivity index (χ2v) is 3.90. The van der Waals surface area contributed by atoms with Gasteiger partial charge in [0.15, 0.2) is 0 Å². The molecule has 0 amide bonds. The summed E-state index contributed by atoms with van der Waals surface area (Å²) < 4.78 is 1.18. The number of unbranched alkanes of at least 4 members (excludes halogenated alkanes) is 3. The van der Waals surface area contributed by atoms with Crippen molar-refractivity contribution >= 4 is 34.2 Å². The van der Waals surface area contributed by atoms with E-state index in [0.29, 0.717) is 0 Å². The summed E-state index contributed by atoms with van der Waals surface area (Å²) in [7, 11) is 0. The molecule has 0 bridgehead atoms. The third kappa shape index (κ3) is 24.7. The summed E-state index contributed by atoms with van der Waals surface area (Å²) in [5, 5.41) is 0. The highest BCUT2D eigenvalue weighted by Gasteiger charge is 1.75. The third-order valence-electron chi connectivity index (χ3n) is 1.22. The van der Waals surface area contributed by atoms with Crippen LogP contribution in [0.25, 0.3) is 0 Å². The van der Waals surface area contributed by atoms with E-state index < -0.39 is 0 Å². The van der Waals surface area contributed by atoms with Gasteiger partial charge in [-0.05, 0) is 6.42 Å². The first-order chi connectivity index (χ1) is 5.33. The SMILES string of the molecule is CCCCCC.ClCCCI. The molecule has 0 rings (SSSR count). The Labute approximate surface area is 90.2 Å². The van der Waals surface area contributed by atoms with Crippen molar-refractivity contribution in [1.29, 1.82) is 0 Å². The van der Waals surface area contributed by atoms with Gasteiger partial charge < -0.3 is 0 Å². The molecule has 0 nitrogen and oxygen atoms in total. The van der Waals surface area contributed by atoms with Crippen molar-refractivity contribution < 1.29 is 0 Å². The Hall–Kier alpha value is 1.02. The molecule has 0 saturated carbocycles. The number of halogens is 2. The van der Waals surface area contributed by atoms with Gasteiger partial charge >= 0.3 is 0 Å². The second kappa shape index (κ2) is 17.2. The van der Waals surface area contributed by atoms with E-state index in [-0.39, 0.29) is 0 Å². The molecule has 0 aliphatic heterocycles. The first-order valence-corrected chi connectivity index (χ1v) is 6.51. The maximum Gasteiger partial charge on any atom is 0.0230 e. The van der Waals surface area contributed by atoms with Crippen LogP contribution in [-0.2, 0) is 0 Å². The summed E-state index contributed by atoms with van der Waals surface area (Å²) >= 11 is 7.60. The Morgan fingerprint density at radius 3 is 1.55 bits per heavy atom. The largest absolute Gasteiger partial charge is 0.127 e. The van der Waals surface area contributed by atoms with Gasteiger partial charge in [0.2, 0.25) is 0 Å². The van der Waals surface area contributed by atoms with Crippen LogP contribution in [0.2, 0.25) is 0 Å². The molecule has 0 heterocycles. The molecule has 0 aromatic heterocycles. The molecule has 0 unspecified atom stereocenters. The molecule has 0 atom stereocenters. The lowest BCUT2D eigenvalue weighted by Crippen LogP contribution is -1.69. The van der Waals surface area contributed by atoms with Gasteiger partial charge in [-0.25, -0.2) is 0 Å². The zero-order valence-electron chi connectivity index (χ0n) is 7.71. The molecule has 0 N–H and O–H groups in total. The summed E-state index contributed by atoms with van der Waals surface area (Å²) in [6.07, 6.45) is 6.68. The highest BCUT2D eigenvalue weighted by molar-refractivity contribution is 14.1. The fourth-order valence-electron chi connectivity index (χ4n) is 0.551. The average molecular weight is 291 g/mol. The van der Waals surface area contributed by atoms with Crippen LogP contribution >= 0.6 is 34.2 Å². The predicted octanol–water partition coefficient (Wildman–Crippen LogP) is 4.64. The van der Waals surface area contributed by atoms with E-state index in [9.17, 15) is 0 Å². The van der Waals surface area contributed by atoms with Crippen molar-refractivity contribution in [2.45, 2.75) is 46.0 Å². The van der Waals surface area contributed by atoms with Gasteiger partial charge in [-0.2, -0.15) is 0 Å². The summed E-state index contributed by atoms with van der Waals surface area (Å²) in [5.41, 5.74) is 0.